The number of quaternary nitrogens is 1. The summed E-state index contributed by atoms with van der Waals surface area (Å²) in [7, 11) is 0. The maximum atomic E-state index is 4.12. The van der Waals surface area contributed by atoms with E-state index in [-0.39, 0.29) is 0 Å². The molecule has 0 atom stereocenters. The molecule has 0 fully saturated rings. The molecule has 0 aliphatic rings. The van der Waals surface area contributed by atoms with Gasteiger partial charge < -0.3 is 5.73 Å². The van der Waals surface area contributed by atoms with Crippen molar-refractivity contribution < 1.29 is 5.73 Å². The van der Waals surface area contributed by atoms with E-state index >= 15 is 0 Å². The highest BCUT2D eigenvalue weighted by atomic mass is 14.5. The van der Waals surface area contributed by atoms with Crippen LogP contribution in [0, 0.1) is 0 Å². The lowest BCUT2D eigenvalue weighted by atomic mass is 9.91. The minimum atomic E-state index is 0.942. The lowest BCUT2D eigenvalue weighted by Crippen LogP contribution is -2.48. The van der Waals surface area contributed by atoms with Crippen LogP contribution in [0.5, 0.6) is 0 Å². The van der Waals surface area contributed by atoms with Crippen LogP contribution in [0.25, 0.3) is 0 Å². The molecule has 0 spiro atoms. The summed E-state index contributed by atoms with van der Waals surface area (Å²) >= 11 is 0. The van der Waals surface area contributed by atoms with Gasteiger partial charge in [0, 0.05) is 5.56 Å². The van der Waals surface area contributed by atoms with Gasteiger partial charge in [0.25, 0.3) is 0 Å². The molecule has 1 aromatic carbocycles. The zero-order valence-corrected chi connectivity index (χ0v) is 11.8. The lowest BCUT2D eigenvalue weighted by molar-refractivity contribution is -0.386. The van der Waals surface area contributed by atoms with Crippen LogP contribution in [0.15, 0.2) is 12.1 Å². The second-order valence-corrected chi connectivity index (χ2v) is 4.89. The van der Waals surface area contributed by atoms with E-state index in [0.717, 1.165) is 6.54 Å². The Balaban J connectivity index is 3.14. The van der Waals surface area contributed by atoms with Crippen LogP contribution in [0.4, 0.5) is 0 Å². The van der Waals surface area contributed by atoms with E-state index < -0.39 is 0 Å². The molecule has 96 valence electrons. The molecule has 0 saturated carbocycles. The largest absolute Gasteiger partial charge is 0.354 e. The first-order valence-electron chi connectivity index (χ1n) is 7.19. The molecule has 17 heavy (non-hydrogen) atoms. The van der Waals surface area contributed by atoms with E-state index in [1.807, 2.05) is 0 Å². The Labute approximate surface area is 106 Å². The van der Waals surface area contributed by atoms with Crippen LogP contribution in [0.2, 0.25) is 0 Å². The summed E-state index contributed by atoms with van der Waals surface area (Å²) in [5.41, 5.74) is 10.3. The third-order valence-electron chi connectivity index (χ3n) is 3.32. The van der Waals surface area contributed by atoms with Gasteiger partial charge in [0.15, 0.2) is 0 Å². The first-order chi connectivity index (χ1) is 8.26. The van der Waals surface area contributed by atoms with E-state index in [0.29, 0.717) is 0 Å². The van der Waals surface area contributed by atoms with Crippen LogP contribution in [-0.2, 0) is 25.8 Å². The Morgan fingerprint density at radius 3 is 1.65 bits per heavy atom. The Bertz CT molecular complexity index is 314. The van der Waals surface area contributed by atoms with Crippen molar-refractivity contribution in [1.29, 1.82) is 0 Å². The Morgan fingerprint density at radius 1 is 0.824 bits per heavy atom. The van der Waals surface area contributed by atoms with Gasteiger partial charge in [-0.3, -0.25) is 0 Å². The number of rotatable bonds is 7. The number of hydrogen-bond donors (Lipinski definition) is 1. The molecule has 0 aliphatic carbocycles. The second-order valence-electron chi connectivity index (χ2n) is 4.89. The predicted molar refractivity (Wildman–Crippen MR) is 75.0 cm³/mol. The van der Waals surface area contributed by atoms with Crippen molar-refractivity contribution in [2.24, 2.45) is 0 Å². The molecule has 0 aliphatic heterocycles. The summed E-state index contributed by atoms with van der Waals surface area (Å²) in [5, 5.41) is 0. The van der Waals surface area contributed by atoms with Gasteiger partial charge in [0.1, 0.15) is 6.54 Å². The quantitative estimate of drug-likeness (QED) is 0.750. The molecule has 0 amide bonds. The van der Waals surface area contributed by atoms with Crippen molar-refractivity contribution >= 4 is 0 Å². The minimum Gasteiger partial charge on any atom is -0.354 e. The van der Waals surface area contributed by atoms with Crippen LogP contribution in [0.1, 0.15) is 62.3 Å². The van der Waals surface area contributed by atoms with Crippen molar-refractivity contribution in [3.8, 4) is 0 Å². The van der Waals surface area contributed by atoms with Crippen molar-refractivity contribution in [1.82, 2.24) is 0 Å². The van der Waals surface area contributed by atoms with Crippen LogP contribution in [0.3, 0.4) is 0 Å². The smallest absolute Gasteiger partial charge is 0.100 e. The molecule has 1 aromatic rings. The minimum absolute atomic E-state index is 0.942. The standard InChI is InChI=1S/C16H27N/c1-4-7-13-10-14(8-5-2)16(12-17)15(11-13)9-6-3/h10-11H,4-9,12,17H2,1-3H3/p+1. The monoisotopic (exact) mass is 234 g/mol. The molecule has 0 heterocycles. The third-order valence-corrected chi connectivity index (χ3v) is 3.32. The molecule has 1 nitrogen and oxygen atoms in total. The Hall–Kier alpha value is -0.820. The van der Waals surface area contributed by atoms with Crippen molar-refractivity contribution in [3.63, 3.8) is 0 Å². The van der Waals surface area contributed by atoms with E-state index in [9.17, 15) is 0 Å². The van der Waals surface area contributed by atoms with Crippen molar-refractivity contribution in [2.45, 2.75) is 65.8 Å². The maximum absolute atomic E-state index is 4.12. The van der Waals surface area contributed by atoms with E-state index in [1.165, 1.54) is 49.7 Å². The second kappa shape index (κ2) is 7.50. The van der Waals surface area contributed by atoms with E-state index in [2.05, 4.69) is 38.6 Å². The molecule has 0 radical (unpaired) electrons. The van der Waals surface area contributed by atoms with E-state index in [1.54, 1.807) is 11.1 Å². The average Bonchev–Trinajstić information content (AvgIpc) is 2.30. The van der Waals surface area contributed by atoms with Gasteiger partial charge in [-0.1, -0.05) is 52.2 Å². The highest BCUT2D eigenvalue weighted by Gasteiger charge is 2.10. The van der Waals surface area contributed by atoms with Gasteiger partial charge in [0.2, 0.25) is 0 Å². The van der Waals surface area contributed by atoms with Crippen molar-refractivity contribution in [2.75, 3.05) is 0 Å². The average molecular weight is 234 g/mol. The first-order valence-corrected chi connectivity index (χ1v) is 7.19. The summed E-state index contributed by atoms with van der Waals surface area (Å²) in [6.07, 6.45) is 7.33. The van der Waals surface area contributed by atoms with Gasteiger partial charge in [-0.15, -0.1) is 0 Å². The first kappa shape index (κ1) is 14.2. The van der Waals surface area contributed by atoms with Gasteiger partial charge in [-0.25, -0.2) is 0 Å². The Kier molecular flexibility index (Phi) is 6.28. The molecule has 3 N–H and O–H groups in total. The highest BCUT2D eigenvalue weighted by Crippen LogP contribution is 2.21. The molecule has 1 rings (SSSR count). The summed E-state index contributed by atoms with van der Waals surface area (Å²) in [5.74, 6) is 0. The van der Waals surface area contributed by atoms with Crippen molar-refractivity contribution in [3.05, 3.63) is 34.4 Å². The SMILES string of the molecule is CCCc1cc(CCC)c(C[NH3+])c(CCC)c1. The highest BCUT2D eigenvalue weighted by molar-refractivity contribution is 5.39. The van der Waals surface area contributed by atoms with Crippen LogP contribution < -0.4 is 5.73 Å². The van der Waals surface area contributed by atoms with Crippen LogP contribution >= 0.6 is 0 Å². The summed E-state index contributed by atoms with van der Waals surface area (Å²) in [6, 6.07) is 4.85. The molecular formula is C16H28N+. The zero-order chi connectivity index (χ0) is 12.7. The normalized spacial score (nSPS) is 10.8. The molecule has 0 unspecified atom stereocenters. The van der Waals surface area contributed by atoms with Gasteiger partial charge in [-0.05, 0) is 36.0 Å². The fourth-order valence-corrected chi connectivity index (χ4v) is 2.61. The molecule has 0 saturated heterocycles. The predicted octanol–water partition coefficient (Wildman–Crippen LogP) is 3.29. The fraction of sp³-hybridized carbons (Fsp3) is 0.625. The fourth-order valence-electron chi connectivity index (χ4n) is 2.61. The number of hydrogen-bond acceptors (Lipinski definition) is 0. The Morgan fingerprint density at radius 2 is 1.29 bits per heavy atom. The molecule has 1 heteroatoms. The topological polar surface area (TPSA) is 27.6 Å². The third kappa shape index (κ3) is 3.85. The molecular weight excluding hydrogens is 206 g/mol. The molecule has 0 aromatic heterocycles. The zero-order valence-electron chi connectivity index (χ0n) is 11.8. The van der Waals surface area contributed by atoms with Gasteiger partial charge in [-0.2, -0.15) is 0 Å². The maximum Gasteiger partial charge on any atom is 0.100 e. The summed E-state index contributed by atoms with van der Waals surface area (Å²) in [6.45, 7) is 7.73. The number of aryl methyl sites for hydroxylation is 3. The van der Waals surface area contributed by atoms with E-state index in [4.69, 9.17) is 0 Å². The number of benzene rings is 1. The summed E-state index contributed by atoms with van der Waals surface area (Å²) in [4.78, 5) is 0. The van der Waals surface area contributed by atoms with Crippen LogP contribution in [-0.4, -0.2) is 0 Å². The summed E-state index contributed by atoms with van der Waals surface area (Å²) < 4.78 is 0. The van der Waals surface area contributed by atoms with Gasteiger partial charge in [0.05, 0.1) is 0 Å². The lowest BCUT2D eigenvalue weighted by Gasteiger charge is -2.14. The molecule has 0 bridgehead atoms. The van der Waals surface area contributed by atoms with Gasteiger partial charge >= 0.3 is 0 Å².